The van der Waals surface area contributed by atoms with Crippen molar-refractivity contribution in [3.8, 4) is 5.75 Å². The minimum absolute atomic E-state index is 0.00186. The van der Waals surface area contributed by atoms with Gasteiger partial charge in [-0.1, -0.05) is 18.2 Å². The first-order valence-corrected chi connectivity index (χ1v) is 12.3. The van der Waals surface area contributed by atoms with Gasteiger partial charge in [0.15, 0.2) is 5.11 Å². The Hall–Kier alpha value is -2.94. The average molecular weight is 485 g/mol. The molecule has 4 rings (SSSR count). The number of amides is 3. The fourth-order valence-corrected chi connectivity index (χ4v) is 5.24. The Bertz CT molecular complexity index is 1000. The van der Waals surface area contributed by atoms with Gasteiger partial charge in [-0.2, -0.15) is 0 Å². The maximum absolute atomic E-state index is 12.8. The number of thiocarbonyl (C=S) groups is 1. The second-order valence-corrected chi connectivity index (χ2v) is 9.68. The van der Waals surface area contributed by atoms with Crippen molar-refractivity contribution in [2.24, 2.45) is 5.41 Å². The molecule has 34 heavy (non-hydrogen) atoms. The molecule has 8 nitrogen and oxygen atoms in total. The van der Waals surface area contributed by atoms with Gasteiger partial charge >= 0.3 is 0 Å². The standard InChI is InChI=1S/C25H32N4O4S/c1-3-33-20-7-5-4-6-18(20)8-9-21(30)28-13-10-25(11-14-28)12-15-29(17-25)22(31)16-19-23(32)27(2)24(34)26-19/h4-9,19H,3,10-17H2,1-2H3,(H,26,34)/b9-8+. The van der Waals surface area contributed by atoms with E-state index in [1.165, 1.54) is 4.90 Å². The molecule has 1 spiro atoms. The lowest BCUT2D eigenvalue weighted by molar-refractivity contribution is -0.135. The predicted molar refractivity (Wildman–Crippen MR) is 133 cm³/mol. The molecule has 0 aromatic heterocycles. The Morgan fingerprint density at radius 3 is 2.50 bits per heavy atom. The Morgan fingerprint density at radius 1 is 1.18 bits per heavy atom. The molecule has 1 aromatic carbocycles. The van der Waals surface area contributed by atoms with Crippen LogP contribution in [0.2, 0.25) is 0 Å². The minimum Gasteiger partial charge on any atom is -0.493 e. The monoisotopic (exact) mass is 484 g/mol. The number of para-hydroxylation sites is 1. The summed E-state index contributed by atoms with van der Waals surface area (Å²) in [6, 6.07) is 7.11. The Labute approximate surface area is 205 Å². The molecule has 1 aromatic rings. The van der Waals surface area contributed by atoms with E-state index in [0.717, 1.165) is 30.6 Å². The quantitative estimate of drug-likeness (QED) is 0.492. The molecule has 3 aliphatic heterocycles. The number of rotatable bonds is 6. The van der Waals surface area contributed by atoms with Gasteiger partial charge in [0.1, 0.15) is 11.8 Å². The second kappa shape index (κ2) is 10.1. The molecule has 1 N–H and O–H groups in total. The van der Waals surface area contributed by atoms with Crippen LogP contribution in [0.5, 0.6) is 5.75 Å². The Morgan fingerprint density at radius 2 is 1.85 bits per heavy atom. The van der Waals surface area contributed by atoms with Crippen LogP contribution >= 0.6 is 12.2 Å². The third kappa shape index (κ3) is 5.09. The molecule has 1 atom stereocenters. The number of nitrogens with one attached hydrogen (secondary N) is 1. The van der Waals surface area contributed by atoms with Crippen molar-refractivity contribution in [2.45, 2.75) is 38.6 Å². The summed E-state index contributed by atoms with van der Waals surface area (Å²) in [7, 11) is 1.62. The van der Waals surface area contributed by atoms with Gasteiger partial charge in [-0.3, -0.25) is 19.3 Å². The minimum atomic E-state index is -0.569. The van der Waals surface area contributed by atoms with E-state index in [9.17, 15) is 14.4 Å². The molecule has 9 heteroatoms. The normalized spacial score (nSPS) is 22.1. The number of nitrogens with zero attached hydrogens (tertiary/aromatic N) is 3. The molecule has 1 unspecified atom stereocenters. The lowest BCUT2D eigenvalue weighted by Crippen LogP contribution is -2.44. The summed E-state index contributed by atoms with van der Waals surface area (Å²) < 4.78 is 5.63. The van der Waals surface area contributed by atoms with Crippen LogP contribution in [0.4, 0.5) is 0 Å². The van der Waals surface area contributed by atoms with E-state index in [4.69, 9.17) is 17.0 Å². The van der Waals surface area contributed by atoms with Crippen molar-refractivity contribution in [3.63, 3.8) is 0 Å². The van der Waals surface area contributed by atoms with Crippen molar-refractivity contribution >= 4 is 41.1 Å². The molecule has 3 saturated heterocycles. The first-order chi connectivity index (χ1) is 16.3. The second-order valence-electron chi connectivity index (χ2n) is 9.30. The molecule has 3 aliphatic rings. The van der Waals surface area contributed by atoms with Gasteiger partial charge in [0, 0.05) is 44.9 Å². The number of benzene rings is 1. The fourth-order valence-electron chi connectivity index (χ4n) is 5.01. The largest absolute Gasteiger partial charge is 0.493 e. The van der Waals surface area contributed by atoms with Crippen LogP contribution in [0.15, 0.2) is 30.3 Å². The first-order valence-electron chi connectivity index (χ1n) is 11.9. The number of carbonyl (C=O) groups is 3. The third-order valence-corrected chi connectivity index (χ3v) is 7.55. The highest BCUT2D eigenvalue weighted by atomic mass is 32.1. The lowest BCUT2D eigenvalue weighted by Gasteiger charge is -2.39. The summed E-state index contributed by atoms with van der Waals surface area (Å²) in [6.07, 6.45) is 6.24. The van der Waals surface area contributed by atoms with Crippen molar-refractivity contribution in [2.75, 3.05) is 39.8 Å². The molecule has 0 bridgehead atoms. The zero-order valence-electron chi connectivity index (χ0n) is 19.8. The molecule has 3 heterocycles. The highest BCUT2D eigenvalue weighted by Gasteiger charge is 2.43. The lowest BCUT2D eigenvalue weighted by atomic mass is 9.78. The van der Waals surface area contributed by atoms with E-state index >= 15 is 0 Å². The summed E-state index contributed by atoms with van der Waals surface area (Å²) >= 11 is 5.10. The number of hydrogen-bond acceptors (Lipinski definition) is 5. The van der Waals surface area contributed by atoms with E-state index in [0.29, 0.717) is 37.9 Å². The number of carbonyl (C=O) groups excluding carboxylic acids is 3. The zero-order chi connectivity index (χ0) is 24.3. The number of hydrogen-bond donors (Lipinski definition) is 1. The summed E-state index contributed by atoms with van der Waals surface area (Å²) in [6.45, 7) is 5.26. The molecular weight excluding hydrogens is 452 g/mol. The van der Waals surface area contributed by atoms with Crippen LogP contribution in [0.3, 0.4) is 0 Å². The molecule has 0 saturated carbocycles. The first kappa shape index (κ1) is 24.2. The van der Waals surface area contributed by atoms with Gasteiger partial charge in [-0.25, -0.2) is 0 Å². The highest BCUT2D eigenvalue weighted by Crippen LogP contribution is 2.40. The van der Waals surface area contributed by atoms with E-state index < -0.39 is 6.04 Å². The van der Waals surface area contributed by atoms with Gasteiger partial charge in [0.05, 0.1) is 13.0 Å². The van der Waals surface area contributed by atoms with Gasteiger partial charge in [0.25, 0.3) is 5.91 Å². The SMILES string of the molecule is CCOc1ccccc1/C=C/C(=O)N1CCC2(CC1)CCN(C(=O)CC1NC(=S)N(C)C1=O)C2. The zero-order valence-corrected chi connectivity index (χ0v) is 20.6. The van der Waals surface area contributed by atoms with Crippen molar-refractivity contribution < 1.29 is 19.1 Å². The topological polar surface area (TPSA) is 82.2 Å². The maximum Gasteiger partial charge on any atom is 0.251 e. The number of likely N-dealkylation sites (tertiary alicyclic amines) is 2. The maximum atomic E-state index is 12.8. The van der Waals surface area contributed by atoms with Crippen molar-refractivity contribution in [3.05, 3.63) is 35.9 Å². The molecule has 0 aliphatic carbocycles. The van der Waals surface area contributed by atoms with E-state index in [2.05, 4.69) is 5.32 Å². The van der Waals surface area contributed by atoms with Crippen LogP contribution in [-0.2, 0) is 14.4 Å². The summed E-state index contributed by atoms with van der Waals surface area (Å²) in [5.41, 5.74) is 0.940. The van der Waals surface area contributed by atoms with E-state index in [1.807, 2.05) is 47.1 Å². The van der Waals surface area contributed by atoms with Crippen LogP contribution in [0.25, 0.3) is 6.08 Å². The Balaban J connectivity index is 1.28. The molecule has 3 amide bonds. The van der Waals surface area contributed by atoms with Gasteiger partial charge in [0.2, 0.25) is 11.8 Å². The van der Waals surface area contributed by atoms with Crippen LogP contribution in [0.1, 0.15) is 38.2 Å². The van der Waals surface area contributed by atoms with E-state index in [1.54, 1.807) is 13.1 Å². The Kier molecular flexibility index (Phi) is 7.21. The molecular formula is C25H32N4O4S. The molecule has 182 valence electrons. The fraction of sp³-hybridized carbons (Fsp3) is 0.520. The molecule has 3 fully saturated rings. The number of likely N-dealkylation sites (N-methyl/N-ethyl adjacent to an activating group) is 1. The third-order valence-electron chi connectivity index (χ3n) is 7.16. The van der Waals surface area contributed by atoms with Gasteiger partial charge in [-0.05, 0) is 56.0 Å². The van der Waals surface area contributed by atoms with Crippen LogP contribution in [-0.4, -0.2) is 83.4 Å². The number of ether oxygens (including phenoxy) is 1. The highest BCUT2D eigenvalue weighted by molar-refractivity contribution is 7.80. The summed E-state index contributed by atoms with van der Waals surface area (Å²) in [5, 5.41) is 3.30. The predicted octanol–water partition coefficient (Wildman–Crippen LogP) is 2.04. The van der Waals surface area contributed by atoms with E-state index in [-0.39, 0.29) is 29.6 Å². The smallest absolute Gasteiger partial charge is 0.251 e. The van der Waals surface area contributed by atoms with Gasteiger partial charge < -0.3 is 19.9 Å². The summed E-state index contributed by atoms with van der Waals surface area (Å²) in [5.74, 6) is 0.592. The summed E-state index contributed by atoms with van der Waals surface area (Å²) in [4.78, 5) is 43.0. The van der Waals surface area contributed by atoms with Gasteiger partial charge in [-0.15, -0.1) is 0 Å². The van der Waals surface area contributed by atoms with Crippen molar-refractivity contribution in [1.29, 1.82) is 0 Å². The van der Waals surface area contributed by atoms with Crippen LogP contribution in [0, 0.1) is 5.41 Å². The average Bonchev–Trinajstić information content (AvgIpc) is 3.35. The van der Waals surface area contributed by atoms with Crippen molar-refractivity contribution in [1.82, 2.24) is 20.0 Å². The number of piperidine rings is 1. The molecule has 0 radical (unpaired) electrons. The van der Waals surface area contributed by atoms with Crippen LogP contribution < -0.4 is 10.1 Å².